The number of carbonyl (C=O) groups is 4. The van der Waals surface area contributed by atoms with Crippen LogP contribution in [0.2, 0.25) is 0 Å². The second kappa shape index (κ2) is 38.9. The van der Waals surface area contributed by atoms with Gasteiger partial charge in [-0.2, -0.15) is 0 Å². The Morgan fingerprint density at radius 1 is 0.521 bits per heavy atom. The molecule has 0 aliphatic carbocycles. The quantitative estimate of drug-likeness (QED) is 0.0202. The number of hydrogen-bond acceptors (Lipinski definition) is 14. The highest BCUT2D eigenvalue weighted by molar-refractivity contribution is 6.05. The molecule has 0 saturated carbocycles. The van der Waals surface area contributed by atoms with Crippen molar-refractivity contribution in [1.29, 1.82) is 0 Å². The van der Waals surface area contributed by atoms with E-state index in [1.54, 1.807) is 104 Å². The van der Waals surface area contributed by atoms with E-state index < -0.39 is 0 Å². The number of methoxy groups -OCH3 is 1. The van der Waals surface area contributed by atoms with E-state index in [4.69, 9.17) is 28.4 Å². The molecular formula is C76H104N10O10. The van der Waals surface area contributed by atoms with E-state index in [0.29, 0.717) is 87.1 Å². The first kappa shape index (κ1) is 73.3. The van der Waals surface area contributed by atoms with Crippen LogP contribution < -0.4 is 65.8 Å². The smallest absolute Gasteiger partial charge is 0.319 e. The van der Waals surface area contributed by atoms with Crippen molar-refractivity contribution in [3.63, 3.8) is 0 Å². The van der Waals surface area contributed by atoms with Crippen molar-refractivity contribution in [3.8, 4) is 40.2 Å². The van der Waals surface area contributed by atoms with E-state index in [9.17, 15) is 19.2 Å². The van der Waals surface area contributed by atoms with Crippen LogP contribution in [0.15, 0.2) is 133 Å². The van der Waals surface area contributed by atoms with Gasteiger partial charge in [-0.1, -0.05) is 41.0 Å². The van der Waals surface area contributed by atoms with Crippen molar-refractivity contribution in [2.24, 2.45) is 0 Å². The standard InChI is InChI=1S/C39H53N5O6.C37H51N5O4/c1-4-29(5-2)42-39(46)43-32-11-16-36(37(27-32)47-3)50-34-14-9-31(10-15-34)41-38(45)28-7-12-33(13-8-28)49-35-17-23-44(24-18-35)22-6-21-40-30-19-25-48-26-20-30;1-6-10-23-42-24-21-32(22-25-42)41(5)31-16-11-27(12-17-31)36(43)38-29-13-18-33(19-14-29)46-34-20-15-30(26-35(34)45-9-4)40-37(44)39-28(7-2)8-3/h7-16,27,29-30,35,40H,4-6,17-26H2,1-3H3,(H,41,45)(H2,42,43,46);11-20,26,28,32H,6-10,21-25H2,1-5H3,(H,38,43)(H2,39,40,44). The van der Waals surface area contributed by atoms with E-state index >= 15 is 0 Å². The lowest BCUT2D eigenvalue weighted by Gasteiger charge is -2.38. The number of ether oxygens (including phenoxy) is 6. The zero-order valence-electron chi connectivity index (χ0n) is 57.8. The van der Waals surface area contributed by atoms with Crippen molar-refractivity contribution < 1.29 is 47.6 Å². The molecule has 3 aliphatic rings. The van der Waals surface area contributed by atoms with Crippen LogP contribution in [0.25, 0.3) is 0 Å². The Bertz CT molecular complexity index is 3310. The number of benzene rings is 6. The Kier molecular flexibility index (Phi) is 29.6. The van der Waals surface area contributed by atoms with Crippen molar-refractivity contribution in [2.45, 2.75) is 155 Å². The number of piperidine rings is 2. The number of likely N-dealkylation sites (tertiary alicyclic amines) is 2. The molecule has 20 heteroatoms. The molecule has 9 rings (SSSR count). The summed E-state index contributed by atoms with van der Waals surface area (Å²) in [5.74, 6) is 3.60. The first-order valence-electron chi connectivity index (χ1n) is 34.9. The summed E-state index contributed by atoms with van der Waals surface area (Å²) in [6.07, 6.45) is 13.9. The van der Waals surface area contributed by atoms with Gasteiger partial charge in [0.05, 0.1) is 13.7 Å². The molecule has 6 aromatic carbocycles. The summed E-state index contributed by atoms with van der Waals surface area (Å²) < 4.78 is 35.1. The van der Waals surface area contributed by atoms with Crippen LogP contribution in [0.3, 0.4) is 0 Å². The van der Waals surface area contributed by atoms with Gasteiger partial charge in [0.15, 0.2) is 23.0 Å². The Labute approximate surface area is 569 Å². The van der Waals surface area contributed by atoms with Crippen LogP contribution in [0.5, 0.6) is 40.2 Å². The van der Waals surface area contributed by atoms with Crippen LogP contribution in [-0.4, -0.2) is 144 Å². The van der Waals surface area contributed by atoms with Crippen molar-refractivity contribution in [2.75, 3.05) is 106 Å². The average Bonchev–Trinajstić information content (AvgIpc) is 0.994. The lowest BCUT2D eigenvalue weighted by molar-refractivity contribution is 0.0769. The van der Waals surface area contributed by atoms with Gasteiger partial charge in [0.1, 0.15) is 23.4 Å². The van der Waals surface area contributed by atoms with E-state index in [0.717, 1.165) is 135 Å². The summed E-state index contributed by atoms with van der Waals surface area (Å²) in [7, 11) is 3.70. The molecule has 0 atom stereocenters. The first-order chi connectivity index (χ1) is 46.7. The predicted molar refractivity (Wildman–Crippen MR) is 385 cm³/mol. The highest BCUT2D eigenvalue weighted by Gasteiger charge is 2.25. The van der Waals surface area contributed by atoms with Crippen LogP contribution >= 0.6 is 0 Å². The summed E-state index contributed by atoms with van der Waals surface area (Å²) in [5.41, 5.74) is 4.80. The number of nitrogens with zero attached hydrogens (tertiary/aromatic N) is 3. The largest absolute Gasteiger partial charge is 0.493 e. The summed E-state index contributed by atoms with van der Waals surface area (Å²) in [6.45, 7) is 22.3. The van der Waals surface area contributed by atoms with Crippen molar-refractivity contribution in [3.05, 3.63) is 145 Å². The summed E-state index contributed by atoms with van der Waals surface area (Å²) in [6, 6.07) is 40.9. The first-order valence-corrected chi connectivity index (χ1v) is 34.9. The third-order valence-electron chi connectivity index (χ3n) is 18.0. The summed E-state index contributed by atoms with van der Waals surface area (Å²) in [4.78, 5) is 58.2. The van der Waals surface area contributed by atoms with E-state index in [-0.39, 0.29) is 42.1 Å². The number of anilines is 5. The fraction of sp³-hybridized carbons (Fsp3) is 0.474. The van der Waals surface area contributed by atoms with Crippen molar-refractivity contribution in [1.82, 2.24) is 25.8 Å². The van der Waals surface area contributed by atoms with Crippen LogP contribution in [0, 0.1) is 0 Å². The number of hydrogen-bond donors (Lipinski definition) is 7. The maximum absolute atomic E-state index is 13.0. The van der Waals surface area contributed by atoms with Gasteiger partial charge in [0.25, 0.3) is 11.8 Å². The molecule has 0 aromatic heterocycles. The molecule has 3 saturated heterocycles. The van der Waals surface area contributed by atoms with E-state index in [2.05, 4.69) is 65.9 Å². The molecule has 3 heterocycles. The number of unbranched alkanes of at least 4 members (excludes halogenated alkanes) is 1. The Morgan fingerprint density at radius 2 is 0.979 bits per heavy atom. The zero-order chi connectivity index (χ0) is 68.0. The molecule has 7 N–H and O–H groups in total. The zero-order valence-corrected chi connectivity index (χ0v) is 57.8. The SMILES string of the molecule is CCC(CC)NC(=O)Nc1ccc(Oc2ccc(NC(=O)c3ccc(OC4CCN(CCCNC5CCOCC5)CC4)cc3)cc2)c(OC)c1.CCCCN1CCC(N(C)c2ccc(C(=O)Nc3ccc(Oc4ccc(NC(=O)NC(CC)CC)cc4OCC)cc3)cc2)CC1. The molecule has 6 aromatic rings. The molecule has 0 radical (unpaired) electrons. The number of carbonyl (C=O) groups excluding carboxylic acids is 4. The monoisotopic (exact) mass is 1320 g/mol. The molecule has 96 heavy (non-hydrogen) atoms. The minimum absolute atomic E-state index is 0.122. The molecular weight excluding hydrogens is 1210 g/mol. The minimum atomic E-state index is -0.261. The molecule has 3 aliphatic heterocycles. The summed E-state index contributed by atoms with van der Waals surface area (Å²) in [5, 5.41) is 21.2. The molecule has 0 bridgehead atoms. The third kappa shape index (κ3) is 23.4. The normalized spacial score (nSPS) is 14.8. The second-order valence-corrected chi connectivity index (χ2v) is 24.8. The van der Waals surface area contributed by atoms with Gasteiger partial charge >= 0.3 is 12.1 Å². The number of urea groups is 2. The highest BCUT2D eigenvalue weighted by Crippen LogP contribution is 2.37. The average molecular weight is 1320 g/mol. The van der Waals surface area contributed by atoms with Crippen LogP contribution in [0.4, 0.5) is 38.0 Å². The van der Waals surface area contributed by atoms with Gasteiger partial charge in [-0.3, -0.25) is 9.59 Å². The minimum Gasteiger partial charge on any atom is -0.493 e. The van der Waals surface area contributed by atoms with E-state index in [1.807, 2.05) is 71.0 Å². The fourth-order valence-electron chi connectivity index (χ4n) is 11.9. The topological polar surface area (TPSA) is 218 Å². The molecule has 0 unspecified atom stereocenters. The lowest BCUT2D eigenvalue weighted by atomic mass is 10.0. The molecule has 518 valence electrons. The maximum Gasteiger partial charge on any atom is 0.319 e. The van der Waals surface area contributed by atoms with Gasteiger partial charge < -0.3 is 80.3 Å². The Balaban J connectivity index is 0.000000247. The third-order valence-corrected chi connectivity index (χ3v) is 18.0. The fourth-order valence-corrected chi connectivity index (χ4v) is 11.9. The van der Waals surface area contributed by atoms with Crippen molar-refractivity contribution >= 4 is 52.3 Å². The van der Waals surface area contributed by atoms with Gasteiger partial charge in [-0.05, 0) is 225 Å². The number of rotatable bonds is 31. The maximum atomic E-state index is 13.0. The lowest BCUT2D eigenvalue weighted by Crippen LogP contribution is -2.43. The van der Waals surface area contributed by atoms with Gasteiger partial charge in [-0.25, -0.2) is 9.59 Å². The Morgan fingerprint density at radius 3 is 1.47 bits per heavy atom. The van der Waals surface area contributed by atoms with Gasteiger partial charge in [0.2, 0.25) is 0 Å². The summed E-state index contributed by atoms with van der Waals surface area (Å²) >= 11 is 0. The van der Waals surface area contributed by atoms with Gasteiger partial charge in [0, 0.05) is 122 Å². The van der Waals surface area contributed by atoms with Gasteiger partial charge in [-0.15, -0.1) is 0 Å². The number of amides is 6. The number of nitrogens with one attached hydrogen (secondary N) is 7. The highest BCUT2D eigenvalue weighted by atomic mass is 16.5. The molecule has 3 fully saturated rings. The second-order valence-electron chi connectivity index (χ2n) is 24.8. The van der Waals surface area contributed by atoms with Crippen LogP contribution in [-0.2, 0) is 4.74 Å². The Hall–Kier alpha value is -8.56. The molecule has 6 amide bonds. The van der Waals surface area contributed by atoms with E-state index in [1.165, 1.54) is 19.4 Å². The molecule has 20 nitrogen and oxygen atoms in total. The predicted octanol–water partition coefficient (Wildman–Crippen LogP) is 15.2. The molecule has 0 spiro atoms. The van der Waals surface area contributed by atoms with Crippen LogP contribution in [0.1, 0.15) is 146 Å².